The molecule has 0 N–H and O–H groups in total. The van der Waals surface area contributed by atoms with Crippen molar-refractivity contribution in [1.82, 2.24) is 0 Å². The Morgan fingerprint density at radius 3 is 2.42 bits per heavy atom. The fraction of sp³-hybridized carbons (Fsp3) is 1.00. The van der Waals surface area contributed by atoms with Gasteiger partial charge in [-0.25, -0.2) is 0 Å². The maximum Gasteiger partial charge on any atom is 0.297 e. The van der Waals surface area contributed by atoms with Crippen molar-refractivity contribution in [2.24, 2.45) is 0 Å². The lowest BCUT2D eigenvalue weighted by Gasteiger charge is -2.14. The van der Waals surface area contributed by atoms with E-state index >= 15 is 0 Å². The molecule has 12 heavy (non-hydrogen) atoms. The van der Waals surface area contributed by atoms with Gasteiger partial charge in [0.15, 0.2) is 9.04 Å². The Kier molecular flexibility index (Phi) is 8.57. The SMILES string of the molecule is CCCC[SiH2]O[SiH](C)O[SiH](C)C. The Hall–Kier alpha value is 0.571. The normalized spacial score (nSPS) is 14.8. The molecule has 1 atom stereocenters. The summed E-state index contributed by atoms with van der Waals surface area (Å²) in [7, 11) is -2.24. The topological polar surface area (TPSA) is 18.5 Å². The highest BCUT2D eigenvalue weighted by atomic mass is 28.4. The van der Waals surface area contributed by atoms with Crippen LogP contribution in [0.4, 0.5) is 0 Å². The van der Waals surface area contributed by atoms with E-state index in [0.717, 1.165) is 0 Å². The van der Waals surface area contributed by atoms with Gasteiger partial charge in [-0.2, -0.15) is 0 Å². The zero-order valence-corrected chi connectivity index (χ0v) is 12.5. The van der Waals surface area contributed by atoms with Crippen LogP contribution in [-0.4, -0.2) is 28.1 Å². The van der Waals surface area contributed by atoms with Gasteiger partial charge in [0.2, 0.25) is 0 Å². The van der Waals surface area contributed by atoms with Crippen LogP contribution in [0.1, 0.15) is 19.8 Å². The third-order valence-electron chi connectivity index (χ3n) is 1.56. The molecule has 0 aromatic carbocycles. The van der Waals surface area contributed by atoms with Crippen LogP contribution in [0.25, 0.3) is 0 Å². The minimum absolute atomic E-state index is 0.231. The Labute approximate surface area is 82.2 Å². The molecular formula is C7H22O2Si3. The van der Waals surface area contributed by atoms with E-state index in [1.165, 1.54) is 18.9 Å². The molecule has 0 rings (SSSR count). The lowest BCUT2D eigenvalue weighted by Crippen LogP contribution is -2.26. The molecule has 2 nitrogen and oxygen atoms in total. The molecule has 0 saturated carbocycles. The quantitative estimate of drug-likeness (QED) is 0.475. The lowest BCUT2D eigenvalue weighted by atomic mass is 10.4. The van der Waals surface area contributed by atoms with Crippen LogP contribution < -0.4 is 0 Å². The molecular weight excluding hydrogens is 200 g/mol. The van der Waals surface area contributed by atoms with Gasteiger partial charge in [0, 0.05) is 0 Å². The van der Waals surface area contributed by atoms with Gasteiger partial charge in [0.25, 0.3) is 9.28 Å². The summed E-state index contributed by atoms with van der Waals surface area (Å²) in [6.45, 7) is 8.81. The standard InChI is InChI=1S/C7H22O2Si3/c1-5-6-7-10-8-12(4)9-11(2)3/h11-12H,5-7,10H2,1-4H3. The predicted octanol–water partition coefficient (Wildman–Crippen LogP) is 1.16. The second kappa shape index (κ2) is 8.18. The van der Waals surface area contributed by atoms with E-state index in [9.17, 15) is 0 Å². The second-order valence-electron chi connectivity index (χ2n) is 3.33. The molecule has 0 amide bonds. The van der Waals surface area contributed by atoms with E-state index in [4.69, 9.17) is 8.23 Å². The molecule has 0 bridgehead atoms. The molecule has 0 aliphatic rings. The number of rotatable bonds is 7. The fourth-order valence-electron chi connectivity index (χ4n) is 1.02. The van der Waals surface area contributed by atoms with Gasteiger partial charge < -0.3 is 8.23 Å². The van der Waals surface area contributed by atoms with Crippen molar-refractivity contribution >= 4 is 28.1 Å². The summed E-state index contributed by atoms with van der Waals surface area (Å²) in [5.41, 5.74) is 0. The van der Waals surface area contributed by atoms with Gasteiger partial charge in [-0.05, 0) is 25.7 Å². The van der Waals surface area contributed by atoms with Gasteiger partial charge in [-0.15, -0.1) is 0 Å². The van der Waals surface area contributed by atoms with Crippen LogP contribution in [0.2, 0.25) is 25.7 Å². The fourth-order valence-corrected chi connectivity index (χ4v) is 7.81. The van der Waals surface area contributed by atoms with Crippen LogP contribution in [0.3, 0.4) is 0 Å². The zero-order valence-electron chi connectivity index (χ0n) is 8.80. The van der Waals surface area contributed by atoms with Crippen LogP contribution >= 0.6 is 0 Å². The van der Waals surface area contributed by atoms with E-state index < -0.39 is 18.3 Å². The Morgan fingerprint density at radius 2 is 1.92 bits per heavy atom. The van der Waals surface area contributed by atoms with Crippen molar-refractivity contribution < 1.29 is 8.23 Å². The molecule has 5 heteroatoms. The third-order valence-corrected chi connectivity index (χ3v) is 8.88. The summed E-state index contributed by atoms with van der Waals surface area (Å²) in [5.74, 6) is 0. The van der Waals surface area contributed by atoms with Crippen LogP contribution in [0.5, 0.6) is 0 Å². The van der Waals surface area contributed by atoms with Crippen LogP contribution in [0.15, 0.2) is 0 Å². The van der Waals surface area contributed by atoms with Gasteiger partial charge in [-0.3, -0.25) is 0 Å². The maximum atomic E-state index is 5.75. The summed E-state index contributed by atoms with van der Waals surface area (Å²) in [6.07, 6.45) is 2.64. The number of hydrogen-bond donors (Lipinski definition) is 0. The van der Waals surface area contributed by atoms with Crippen molar-refractivity contribution in [3.05, 3.63) is 0 Å². The molecule has 0 fully saturated rings. The monoisotopic (exact) mass is 222 g/mol. The first kappa shape index (κ1) is 12.6. The molecule has 0 aromatic rings. The van der Waals surface area contributed by atoms with Crippen molar-refractivity contribution in [2.75, 3.05) is 0 Å². The van der Waals surface area contributed by atoms with E-state index in [-0.39, 0.29) is 9.76 Å². The largest absolute Gasteiger partial charge is 0.444 e. The van der Waals surface area contributed by atoms with E-state index in [0.29, 0.717) is 0 Å². The molecule has 0 aromatic heterocycles. The minimum atomic E-state index is -1.18. The van der Waals surface area contributed by atoms with Crippen molar-refractivity contribution in [3.8, 4) is 0 Å². The number of hydrogen-bond acceptors (Lipinski definition) is 2. The van der Waals surface area contributed by atoms with Crippen molar-refractivity contribution in [3.63, 3.8) is 0 Å². The zero-order chi connectivity index (χ0) is 9.40. The average molecular weight is 223 g/mol. The molecule has 0 saturated heterocycles. The van der Waals surface area contributed by atoms with Gasteiger partial charge >= 0.3 is 0 Å². The highest BCUT2D eigenvalue weighted by Gasteiger charge is 2.07. The summed E-state index contributed by atoms with van der Waals surface area (Å²) >= 11 is 0. The van der Waals surface area contributed by atoms with Crippen LogP contribution in [-0.2, 0) is 8.23 Å². The molecule has 0 spiro atoms. The second-order valence-corrected chi connectivity index (χ2v) is 10.1. The molecule has 0 aliphatic heterocycles. The van der Waals surface area contributed by atoms with Crippen LogP contribution in [0, 0.1) is 0 Å². The lowest BCUT2D eigenvalue weighted by molar-refractivity contribution is 0.453. The highest BCUT2D eigenvalue weighted by molar-refractivity contribution is 6.63. The molecule has 0 heterocycles. The molecule has 0 radical (unpaired) electrons. The molecule has 74 valence electrons. The minimum Gasteiger partial charge on any atom is -0.444 e. The van der Waals surface area contributed by atoms with Crippen molar-refractivity contribution in [1.29, 1.82) is 0 Å². The number of unbranched alkanes of at least 4 members (excludes halogenated alkanes) is 1. The summed E-state index contributed by atoms with van der Waals surface area (Å²) in [5, 5.41) is 0. The third kappa shape index (κ3) is 8.67. The van der Waals surface area contributed by atoms with Gasteiger partial charge in [-0.1, -0.05) is 19.8 Å². The Morgan fingerprint density at radius 1 is 1.25 bits per heavy atom. The maximum absolute atomic E-state index is 5.75. The summed E-state index contributed by atoms with van der Waals surface area (Å²) < 4.78 is 11.5. The molecule has 1 unspecified atom stereocenters. The summed E-state index contributed by atoms with van der Waals surface area (Å²) in [4.78, 5) is 0. The van der Waals surface area contributed by atoms with E-state index in [1.54, 1.807) is 0 Å². The Bertz CT molecular complexity index is 101. The smallest absolute Gasteiger partial charge is 0.297 e. The first-order valence-electron chi connectivity index (χ1n) is 4.93. The van der Waals surface area contributed by atoms with Gasteiger partial charge in [0.05, 0.1) is 0 Å². The Balaban J connectivity index is 3.14. The summed E-state index contributed by atoms with van der Waals surface area (Å²) in [6, 6.07) is 1.33. The first-order chi connectivity index (χ1) is 5.66. The predicted molar refractivity (Wildman–Crippen MR) is 62.3 cm³/mol. The average Bonchev–Trinajstić information content (AvgIpc) is 1.97. The van der Waals surface area contributed by atoms with E-state index in [1.807, 2.05) is 0 Å². The molecule has 0 aliphatic carbocycles. The van der Waals surface area contributed by atoms with Gasteiger partial charge in [0.1, 0.15) is 9.76 Å². The van der Waals surface area contributed by atoms with E-state index in [2.05, 4.69) is 26.6 Å². The first-order valence-corrected chi connectivity index (χ1v) is 11.4. The van der Waals surface area contributed by atoms with Crippen molar-refractivity contribution in [2.45, 2.75) is 45.5 Å². The highest BCUT2D eigenvalue weighted by Crippen LogP contribution is 1.97.